The Bertz CT molecular complexity index is 376. The molecule has 0 amide bonds. The second-order valence-electron chi connectivity index (χ2n) is 2.10. The van der Waals surface area contributed by atoms with Crippen LogP contribution in [0.2, 0.25) is 0 Å². The highest BCUT2D eigenvalue weighted by Gasteiger charge is 1.95. The van der Waals surface area contributed by atoms with E-state index >= 15 is 0 Å². The van der Waals surface area contributed by atoms with E-state index in [2.05, 4.69) is 12.6 Å². The SMILES string of the molecule is O=C(O)C#COc1ccccc1S. The predicted octanol–water partition coefficient (Wildman–Crippen LogP) is 1.40. The summed E-state index contributed by atoms with van der Waals surface area (Å²) in [7, 11) is 0. The topological polar surface area (TPSA) is 46.5 Å². The van der Waals surface area contributed by atoms with Crippen LogP contribution in [0.3, 0.4) is 0 Å². The summed E-state index contributed by atoms with van der Waals surface area (Å²) in [4.78, 5) is 10.6. The number of rotatable bonds is 1. The average Bonchev–Trinajstić information content (AvgIpc) is 2.08. The molecule has 1 rings (SSSR count). The van der Waals surface area contributed by atoms with Gasteiger partial charge in [-0.2, -0.15) is 0 Å². The van der Waals surface area contributed by atoms with Gasteiger partial charge < -0.3 is 9.84 Å². The van der Waals surface area contributed by atoms with Crippen molar-refractivity contribution in [3.05, 3.63) is 24.3 Å². The summed E-state index contributed by atoms with van der Waals surface area (Å²) in [5.74, 6) is 1.05. The van der Waals surface area contributed by atoms with Gasteiger partial charge in [-0.1, -0.05) is 12.1 Å². The van der Waals surface area contributed by atoms with Crippen LogP contribution in [0, 0.1) is 12.0 Å². The summed E-state index contributed by atoms with van der Waals surface area (Å²) in [6.45, 7) is 0. The molecular formula is C9H6O3S. The normalized spacial score (nSPS) is 8.38. The van der Waals surface area contributed by atoms with E-state index in [-0.39, 0.29) is 0 Å². The predicted molar refractivity (Wildman–Crippen MR) is 49.7 cm³/mol. The minimum atomic E-state index is -1.23. The van der Waals surface area contributed by atoms with Crippen LogP contribution in [0.5, 0.6) is 5.75 Å². The third-order valence-electron chi connectivity index (χ3n) is 1.18. The summed E-state index contributed by atoms with van der Waals surface area (Å²) in [5, 5.41) is 8.19. The van der Waals surface area contributed by atoms with E-state index in [1.165, 1.54) is 0 Å². The fraction of sp³-hybridized carbons (Fsp3) is 0. The maximum absolute atomic E-state index is 10.0. The lowest BCUT2D eigenvalue weighted by atomic mass is 10.3. The molecule has 0 atom stereocenters. The van der Waals surface area contributed by atoms with Gasteiger partial charge >= 0.3 is 5.97 Å². The lowest BCUT2D eigenvalue weighted by Crippen LogP contribution is -1.90. The van der Waals surface area contributed by atoms with Gasteiger partial charge in [0.15, 0.2) is 5.75 Å². The Labute approximate surface area is 80.7 Å². The number of thiol groups is 1. The highest BCUT2D eigenvalue weighted by molar-refractivity contribution is 7.80. The lowest BCUT2D eigenvalue weighted by Gasteiger charge is -1.98. The summed E-state index contributed by atoms with van der Waals surface area (Å²) in [6, 6.07) is 6.91. The number of para-hydroxylation sites is 1. The van der Waals surface area contributed by atoms with Crippen molar-refractivity contribution in [1.82, 2.24) is 0 Å². The van der Waals surface area contributed by atoms with Crippen molar-refractivity contribution in [2.45, 2.75) is 4.90 Å². The highest BCUT2D eigenvalue weighted by Crippen LogP contribution is 2.20. The molecule has 0 heterocycles. The van der Waals surface area contributed by atoms with Crippen molar-refractivity contribution < 1.29 is 14.6 Å². The van der Waals surface area contributed by atoms with Crippen molar-refractivity contribution >= 4 is 18.6 Å². The molecule has 0 aliphatic carbocycles. The first-order valence-corrected chi connectivity index (χ1v) is 3.83. The lowest BCUT2D eigenvalue weighted by molar-refractivity contribution is -0.130. The number of carboxylic acids is 1. The maximum Gasteiger partial charge on any atom is 0.385 e. The Morgan fingerprint density at radius 1 is 1.46 bits per heavy atom. The molecule has 0 saturated heterocycles. The van der Waals surface area contributed by atoms with Crippen LogP contribution >= 0.6 is 12.6 Å². The zero-order chi connectivity index (χ0) is 9.68. The summed E-state index contributed by atoms with van der Waals surface area (Å²) in [5.41, 5.74) is 0. The van der Waals surface area contributed by atoms with E-state index in [4.69, 9.17) is 9.84 Å². The van der Waals surface area contributed by atoms with Crippen molar-refractivity contribution in [1.29, 1.82) is 0 Å². The molecule has 66 valence electrons. The maximum atomic E-state index is 10.0. The van der Waals surface area contributed by atoms with Gasteiger partial charge in [0.1, 0.15) is 6.11 Å². The van der Waals surface area contributed by atoms with E-state index in [1.54, 1.807) is 24.3 Å². The monoisotopic (exact) mass is 194 g/mol. The standard InChI is InChI=1S/C9H6O3S/c10-9(11)5-6-12-7-3-1-2-4-8(7)13/h1-4,13H,(H,10,11). The number of aliphatic carboxylic acids is 1. The summed E-state index contributed by atoms with van der Waals surface area (Å²) >= 11 is 4.08. The fourth-order valence-corrected chi connectivity index (χ4v) is 0.874. The molecule has 0 saturated carbocycles. The van der Waals surface area contributed by atoms with Crippen LogP contribution in [0.1, 0.15) is 0 Å². The van der Waals surface area contributed by atoms with Gasteiger partial charge in [0.05, 0.1) is 5.92 Å². The molecule has 0 spiro atoms. The van der Waals surface area contributed by atoms with Crippen LogP contribution in [-0.2, 0) is 4.79 Å². The molecule has 0 unspecified atom stereocenters. The number of carbonyl (C=O) groups is 1. The van der Waals surface area contributed by atoms with Crippen molar-refractivity contribution in [2.75, 3.05) is 0 Å². The Kier molecular flexibility index (Phi) is 3.23. The molecule has 0 bridgehead atoms. The second kappa shape index (κ2) is 4.43. The molecular weight excluding hydrogens is 188 g/mol. The number of hydrogen-bond acceptors (Lipinski definition) is 3. The molecule has 0 aliphatic heterocycles. The molecule has 0 aliphatic rings. The Balaban J connectivity index is 2.72. The van der Waals surface area contributed by atoms with Crippen LogP contribution in [0.15, 0.2) is 29.2 Å². The Hall–Kier alpha value is -1.60. The fourth-order valence-electron chi connectivity index (χ4n) is 0.668. The largest absolute Gasteiger partial charge is 0.472 e. The number of hydrogen-bond donors (Lipinski definition) is 2. The van der Waals surface area contributed by atoms with Crippen LogP contribution < -0.4 is 4.74 Å². The number of benzene rings is 1. The zero-order valence-electron chi connectivity index (χ0n) is 6.52. The van der Waals surface area contributed by atoms with Crippen LogP contribution in [-0.4, -0.2) is 11.1 Å². The third kappa shape index (κ3) is 3.09. The van der Waals surface area contributed by atoms with E-state index in [0.29, 0.717) is 10.6 Å². The van der Waals surface area contributed by atoms with Gasteiger partial charge in [-0.3, -0.25) is 0 Å². The van der Waals surface area contributed by atoms with Crippen LogP contribution in [0.4, 0.5) is 0 Å². The van der Waals surface area contributed by atoms with Gasteiger partial charge in [0.2, 0.25) is 0 Å². The van der Waals surface area contributed by atoms with Gasteiger partial charge in [0.25, 0.3) is 0 Å². The van der Waals surface area contributed by atoms with E-state index in [0.717, 1.165) is 0 Å². The molecule has 1 N–H and O–H groups in total. The first kappa shape index (κ1) is 9.49. The smallest absolute Gasteiger partial charge is 0.385 e. The van der Waals surface area contributed by atoms with Gasteiger partial charge in [-0.05, 0) is 12.1 Å². The average molecular weight is 194 g/mol. The molecule has 1 aromatic rings. The molecule has 0 fully saturated rings. The van der Waals surface area contributed by atoms with E-state index < -0.39 is 5.97 Å². The molecule has 3 nitrogen and oxygen atoms in total. The van der Waals surface area contributed by atoms with Crippen molar-refractivity contribution in [2.24, 2.45) is 0 Å². The summed E-state index contributed by atoms with van der Waals surface area (Å²) < 4.78 is 4.83. The van der Waals surface area contributed by atoms with Crippen molar-refractivity contribution in [3.63, 3.8) is 0 Å². The molecule has 4 heteroatoms. The third-order valence-corrected chi connectivity index (χ3v) is 1.55. The minimum absolute atomic E-state index is 0.444. The van der Waals surface area contributed by atoms with E-state index in [9.17, 15) is 4.79 Å². The van der Waals surface area contributed by atoms with Crippen molar-refractivity contribution in [3.8, 4) is 17.8 Å². The van der Waals surface area contributed by atoms with Crippen LogP contribution in [0.25, 0.3) is 0 Å². The molecule has 1 aromatic carbocycles. The minimum Gasteiger partial charge on any atom is -0.472 e. The van der Waals surface area contributed by atoms with Gasteiger partial charge in [-0.15, -0.1) is 12.6 Å². The number of ether oxygens (including phenoxy) is 1. The van der Waals surface area contributed by atoms with Gasteiger partial charge in [-0.25, -0.2) is 4.79 Å². The summed E-state index contributed by atoms with van der Waals surface area (Å²) in [6.07, 6.45) is 2.04. The second-order valence-corrected chi connectivity index (χ2v) is 2.58. The Morgan fingerprint density at radius 2 is 2.15 bits per heavy atom. The molecule has 13 heavy (non-hydrogen) atoms. The first-order valence-electron chi connectivity index (χ1n) is 3.39. The zero-order valence-corrected chi connectivity index (χ0v) is 7.41. The molecule has 0 aromatic heterocycles. The molecule has 0 radical (unpaired) electrons. The van der Waals surface area contributed by atoms with E-state index in [1.807, 2.05) is 12.0 Å². The quantitative estimate of drug-likeness (QED) is 0.524. The Morgan fingerprint density at radius 3 is 2.77 bits per heavy atom. The van der Waals surface area contributed by atoms with Gasteiger partial charge in [0, 0.05) is 4.90 Å². The number of carboxylic acid groups (broad SMARTS) is 1. The highest BCUT2D eigenvalue weighted by atomic mass is 32.1. The first-order chi connectivity index (χ1) is 6.20.